The minimum atomic E-state index is -0.0813. The third-order valence-electron chi connectivity index (χ3n) is 4.29. The predicted molar refractivity (Wildman–Crippen MR) is 98.6 cm³/mol. The molecule has 0 saturated carbocycles. The minimum absolute atomic E-state index is 0.0813. The average Bonchev–Trinajstić information content (AvgIpc) is 2.60. The van der Waals surface area contributed by atoms with Gasteiger partial charge in [-0.3, -0.25) is 0 Å². The molecule has 1 aliphatic rings. The van der Waals surface area contributed by atoms with Gasteiger partial charge >= 0.3 is 0 Å². The fourth-order valence-electron chi connectivity index (χ4n) is 2.82. The maximum absolute atomic E-state index is 9.74. The number of pyridine rings is 2. The number of anilines is 2. The molecule has 0 atom stereocenters. The van der Waals surface area contributed by atoms with Crippen LogP contribution in [-0.2, 0) is 6.61 Å². The largest absolute Gasteiger partial charge is 0.390 e. The van der Waals surface area contributed by atoms with Crippen LogP contribution < -0.4 is 10.6 Å². The molecule has 128 valence electrons. The van der Waals surface area contributed by atoms with Crippen molar-refractivity contribution in [2.24, 2.45) is 5.92 Å². The zero-order valence-corrected chi connectivity index (χ0v) is 15.1. The van der Waals surface area contributed by atoms with Crippen LogP contribution in [0.2, 0.25) is 5.02 Å². The zero-order chi connectivity index (χ0) is 17.1. The van der Waals surface area contributed by atoms with Crippen molar-refractivity contribution >= 4 is 34.9 Å². The van der Waals surface area contributed by atoms with Crippen molar-refractivity contribution in [3.8, 4) is 0 Å². The average molecular weight is 365 g/mol. The number of piperidine rings is 1. The number of aliphatic hydroxyl groups is 1. The van der Waals surface area contributed by atoms with E-state index >= 15 is 0 Å². The molecule has 0 aromatic carbocycles. The SMILES string of the molecule is CC1CCN(c2ccc(Sc3ccnc(N)c3Cl)nc2CO)CC1. The highest BCUT2D eigenvalue weighted by Crippen LogP contribution is 2.36. The molecule has 0 spiro atoms. The highest BCUT2D eigenvalue weighted by atomic mass is 35.5. The van der Waals surface area contributed by atoms with Gasteiger partial charge in [-0.15, -0.1) is 0 Å². The summed E-state index contributed by atoms with van der Waals surface area (Å²) in [6, 6.07) is 5.81. The molecule has 0 radical (unpaired) electrons. The number of nitrogens with zero attached hydrogens (tertiary/aromatic N) is 3. The Kier molecular flexibility index (Phi) is 5.48. The fourth-order valence-corrected chi connectivity index (χ4v) is 3.89. The number of halogens is 1. The van der Waals surface area contributed by atoms with Crippen molar-refractivity contribution in [2.75, 3.05) is 23.7 Å². The van der Waals surface area contributed by atoms with Gasteiger partial charge in [0.05, 0.1) is 23.0 Å². The molecule has 0 bridgehead atoms. The quantitative estimate of drug-likeness (QED) is 0.863. The van der Waals surface area contributed by atoms with Crippen LogP contribution in [0.3, 0.4) is 0 Å². The molecule has 2 aromatic rings. The zero-order valence-electron chi connectivity index (χ0n) is 13.6. The number of nitrogens with two attached hydrogens (primary N) is 1. The molecule has 3 N–H and O–H groups in total. The van der Waals surface area contributed by atoms with E-state index in [-0.39, 0.29) is 6.61 Å². The first-order valence-electron chi connectivity index (χ1n) is 8.02. The number of hydrogen-bond acceptors (Lipinski definition) is 6. The predicted octanol–water partition coefficient (Wildman–Crippen LogP) is 3.59. The summed E-state index contributed by atoms with van der Waals surface area (Å²) < 4.78 is 0. The van der Waals surface area contributed by atoms with E-state index in [4.69, 9.17) is 17.3 Å². The minimum Gasteiger partial charge on any atom is -0.390 e. The number of aromatic nitrogens is 2. The van der Waals surface area contributed by atoms with Crippen LogP contribution in [0.25, 0.3) is 0 Å². The first-order chi connectivity index (χ1) is 11.6. The van der Waals surface area contributed by atoms with Gasteiger partial charge in [-0.1, -0.05) is 30.3 Å². The molecule has 1 fully saturated rings. The summed E-state index contributed by atoms with van der Waals surface area (Å²) in [7, 11) is 0. The topological polar surface area (TPSA) is 75.3 Å². The number of nitrogen functional groups attached to an aromatic ring is 1. The van der Waals surface area contributed by atoms with E-state index in [2.05, 4.69) is 21.8 Å². The lowest BCUT2D eigenvalue weighted by atomic mass is 9.98. The molecule has 7 heteroatoms. The third-order valence-corrected chi connectivity index (χ3v) is 5.80. The van der Waals surface area contributed by atoms with E-state index in [0.29, 0.717) is 16.5 Å². The summed E-state index contributed by atoms with van der Waals surface area (Å²) in [5.41, 5.74) is 7.46. The third kappa shape index (κ3) is 3.77. The van der Waals surface area contributed by atoms with Crippen LogP contribution in [0, 0.1) is 5.92 Å². The van der Waals surface area contributed by atoms with Gasteiger partial charge in [0, 0.05) is 24.2 Å². The molecule has 0 amide bonds. The molecule has 3 rings (SSSR count). The molecular weight excluding hydrogens is 344 g/mol. The summed E-state index contributed by atoms with van der Waals surface area (Å²) in [4.78, 5) is 11.7. The van der Waals surface area contributed by atoms with Crippen LogP contribution >= 0.6 is 23.4 Å². The Labute approximate surface area is 151 Å². The van der Waals surface area contributed by atoms with Gasteiger partial charge < -0.3 is 15.7 Å². The highest BCUT2D eigenvalue weighted by Gasteiger charge is 2.19. The van der Waals surface area contributed by atoms with Gasteiger partial charge in [-0.05, 0) is 37.0 Å². The van der Waals surface area contributed by atoms with Gasteiger partial charge in [0.15, 0.2) is 0 Å². The van der Waals surface area contributed by atoms with Crippen molar-refractivity contribution in [3.63, 3.8) is 0 Å². The van der Waals surface area contributed by atoms with E-state index in [9.17, 15) is 5.11 Å². The van der Waals surface area contributed by atoms with Crippen LogP contribution in [0.5, 0.6) is 0 Å². The Balaban J connectivity index is 1.82. The maximum Gasteiger partial charge on any atom is 0.143 e. The van der Waals surface area contributed by atoms with Crippen molar-refractivity contribution in [2.45, 2.75) is 36.3 Å². The van der Waals surface area contributed by atoms with Crippen molar-refractivity contribution in [3.05, 3.63) is 35.1 Å². The lowest BCUT2D eigenvalue weighted by molar-refractivity contribution is 0.276. The Hall–Kier alpha value is -1.50. The molecular formula is C17H21ClN4OS. The second-order valence-corrected chi connectivity index (χ2v) is 7.49. The first-order valence-corrected chi connectivity index (χ1v) is 9.21. The van der Waals surface area contributed by atoms with E-state index in [0.717, 1.165) is 34.6 Å². The van der Waals surface area contributed by atoms with Crippen LogP contribution in [-0.4, -0.2) is 28.2 Å². The molecule has 0 aliphatic carbocycles. The summed E-state index contributed by atoms with van der Waals surface area (Å²) in [5, 5.41) is 10.9. The summed E-state index contributed by atoms with van der Waals surface area (Å²) in [6.07, 6.45) is 3.97. The standard InChI is InChI=1S/C17H21ClN4OS/c1-11-5-8-22(9-6-11)13-2-3-15(21-12(13)10-23)24-14-4-7-20-17(19)16(14)18/h2-4,7,11,23H,5-6,8-10H2,1H3,(H2,19,20). The van der Waals surface area contributed by atoms with Gasteiger partial charge in [0.25, 0.3) is 0 Å². The highest BCUT2D eigenvalue weighted by molar-refractivity contribution is 7.99. The fraction of sp³-hybridized carbons (Fsp3) is 0.412. The lowest BCUT2D eigenvalue weighted by Gasteiger charge is -2.33. The lowest BCUT2D eigenvalue weighted by Crippen LogP contribution is -2.33. The smallest absolute Gasteiger partial charge is 0.143 e. The Morgan fingerprint density at radius 1 is 1.33 bits per heavy atom. The van der Waals surface area contributed by atoms with Crippen molar-refractivity contribution < 1.29 is 5.11 Å². The molecule has 1 aliphatic heterocycles. The van der Waals surface area contributed by atoms with Crippen molar-refractivity contribution in [1.29, 1.82) is 0 Å². The van der Waals surface area contributed by atoms with Gasteiger partial charge in [0.1, 0.15) is 10.8 Å². The van der Waals surface area contributed by atoms with Crippen LogP contribution in [0.15, 0.2) is 34.3 Å². The molecule has 1 saturated heterocycles. The maximum atomic E-state index is 9.74. The first kappa shape index (κ1) is 17.3. The number of hydrogen-bond donors (Lipinski definition) is 2. The monoisotopic (exact) mass is 364 g/mol. The number of rotatable bonds is 4. The number of aliphatic hydroxyl groups excluding tert-OH is 1. The van der Waals surface area contributed by atoms with E-state index in [1.807, 2.05) is 18.2 Å². The van der Waals surface area contributed by atoms with E-state index < -0.39 is 0 Å². The van der Waals surface area contributed by atoms with Gasteiger partial charge in [-0.25, -0.2) is 9.97 Å². The second-order valence-electron chi connectivity index (χ2n) is 6.05. The Bertz CT molecular complexity index is 720. The second kappa shape index (κ2) is 7.59. The summed E-state index contributed by atoms with van der Waals surface area (Å²) >= 11 is 7.61. The van der Waals surface area contributed by atoms with Gasteiger partial charge in [0.2, 0.25) is 0 Å². The van der Waals surface area contributed by atoms with Crippen LogP contribution in [0.1, 0.15) is 25.5 Å². The summed E-state index contributed by atoms with van der Waals surface area (Å²) in [5.74, 6) is 1.07. The van der Waals surface area contributed by atoms with Crippen molar-refractivity contribution in [1.82, 2.24) is 9.97 Å². The molecule has 5 nitrogen and oxygen atoms in total. The summed E-state index contributed by atoms with van der Waals surface area (Å²) in [6.45, 7) is 4.22. The Morgan fingerprint density at radius 2 is 2.08 bits per heavy atom. The molecule has 24 heavy (non-hydrogen) atoms. The molecule has 2 aromatic heterocycles. The Morgan fingerprint density at radius 3 is 2.79 bits per heavy atom. The van der Waals surface area contributed by atoms with E-state index in [1.165, 1.54) is 24.6 Å². The van der Waals surface area contributed by atoms with Crippen LogP contribution in [0.4, 0.5) is 11.5 Å². The molecule has 3 heterocycles. The van der Waals surface area contributed by atoms with E-state index in [1.54, 1.807) is 6.20 Å². The molecule has 0 unspecified atom stereocenters. The van der Waals surface area contributed by atoms with Gasteiger partial charge in [-0.2, -0.15) is 0 Å². The normalized spacial score (nSPS) is 15.7.